The Morgan fingerprint density at radius 1 is 1.00 bits per heavy atom. The number of carbonyl (C=O) groups excluding carboxylic acids is 2. The normalized spacial score (nSPS) is 28.5. The maximum atomic E-state index is 11.8. The van der Waals surface area contributed by atoms with Crippen molar-refractivity contribution in [2.45, 2.75) is 40.0 Å². The van der Waals surface area contributed by atoms with Crippen LogP contribution >= 0.6 is 0 Å². The van der Waals surface area contributed by atoms with Crippen molar-refractivity contribution < 1.29 is 19.1 Å². The lowest BCUT2D eigenvalue weighted by molar-refractivity contribution is -0.163. The van der Waals surface area contributed by atoms with Crippen LogP contribution in [0.4, 0.5) is 0 Å². The van der Waals surface area contributed by atoms with Crippen molar-refractivity contribution in [1.82, 2.24) is 0 Å². The van der Waals surface area contributed by atoms with Crippen LogP contribution in [0.15, 0.2) is 0 Å². The third-order valence-electron chi connectivity index (χ3n) is 3.29. The van der Waals surface area contributed by atoms with Gasteiger partial charge in [-0.25, -0.2) is 0 Å². The Labute approximate surface area is 103 Å². The molecule has 0 spiro atoms. The number of hydrogen-bond acceptors (Lipinski definition) is 4. The lowest BCUT2D eigenvalue weighted by Gasteiger charge is -2.31. The summed E-state index contributed by atoms with van der Waals surface area (Å²) in [5.74, 6) is -0.674. The van der Waals surface area contributed by atoms with E-state index in [1.807, 2.05) is 0 Å². The van der Waals surface area contributed by atoms with Gasteiger partial charge in [-0.3, -0.25) is 9.59 Å². The molecule has 0 aromatic carbocycles. The van der Waals surface area contributed by atoms with E-state index in [9.17, 15) is 9.59 Å². The maximum Gasteiger partial charge on any atom is 0.309 e. The van der Waals surface area contributed by atoms with Gasteiger partial charge in [-0.1, -0.05) is 6.92 Å². The molecular weight excluding hydrogens is 220 g/mol. The van der Waals surface area contributed by atoms with Crippen LogP contribution in [-0.4, -0.2) is 25.2 Å². The third kappa shape index (κ3) is 3.72. The van der Waals surface area contributed by atoms with Crippen LogP contribution in [0.3, 0.4) is 0 Å². The van der Waals surface area contributed by atoms with Crippen LogP contribution in [-0.2, 0) is 19.1 Å². The van der Waals surface area contributed by atoms with Gasteiger partial charge in [-0.15, -0.1) is 0 Å². The van der Waals surface area contributed by atoms with Crippen molar-refractivity contribution in [2.24, 2.45) is 17.8 Å². The summed E-state index contributed by atoms with van der Waals surface area (Å²) in [5.41, 5.74) is 0. The molecule has 0 radical (unpaired) electrons. The van der Waals surface area contributed by atoms with Gasteiger partial charge >= 0.3 is 11.9 Å². The quantitative estimate of drug-likeness (QED) is 0.709. The third-order valence-corrected chi connectivity index (χ3v) is 3.29. The molecule has 4 heteroatoms. The largest absolute Gasteiger partial charge is 0.466 e. The van der Waals surface area contributed by atoms with Crippen molar-refractivity contribution in [2.75, 3.05) is 13.2 Å². The molecule has 1 rings (SSSR count). The predicted octanol–water partition coefficient (Wildman–Crippen LogP) is 2.17. The average molecular weight is 242 g/mol. The first-order valence-electron chi connectivity index (χ1n) is 6.43. The number of rotatable bonds is 4. The van der Waals surface area contributed by atoms with Crippen LogP contribution < -0.4 is 0 Å². The molecule has 3 atom stereocenters. The van der Waals surface area contributed by atoms with E-state index in [-0.39, 0.29) is 23.8 Å². The SMILES string of the molecule is CCOC(=O)[C@H]1CCC(C)C[C@@H]1C(=O)OCC. The number of carbonyl (C=O) groups is 2. The number of esters is 2. The molecule has 1 aliphatic carbocycles. The van der Waals surface area contributed by atoms with E-state index in [1.165, 1.54) is 0 Å². The van der Waals surface area contributed by atoms with Gasteiger partial charge < -0.3 is 9.47 Å². The van der Waals surface area contributed by atoms with Crippen LogP contribution in [0.2, 0.25) is 0 Å². The molecule has 17 heavy (non-hydrogen) atoms. The van der Waals surface area contributed by atoms with Gasteiger partial charge in [0.2, 0.25) is 0 Å². The molecule has 1 fully saturated rings. The highest BCUT2D eigenvalue weighted by Crippen LogP contribution is 2.35. The van der Waals surface area contributed by atoms with E-state index in [4.69, 9.17) is 9.47 Å². The van der Waals surface area contributed by atoms with Crippen molar-refractivity contribution >= 4 is 11.9 Å². The molecule has 0 aliphatic heterocycles. The fraction of sp³-hybridized carbons (Fsp3) is 0.846. The Morgan fingerprint density at radius 3 is 2.06 bits per heavy atom. The molecule has 4 nitrogen and oxygen atoms in total. The molecule has 0 N–H and O–H groups in total. The predicted molar refractivity (Wildman–Crippen MR) is 63.3 cm³/mol. The standard InChI is InChI=1S/C13H22O4/c1-4-16-12(14)10-7-6-9(3)8-11(10)13(15)17-5-2/h9-11H,4-8H2,1-3H3/t9?,10-,11-/m0/s1. The molecule has 0 saturated heterocycles. The average Bonchev–Trinajstić information content (AvgIpc) is 2.29. The molecule has 1 saturated carbocycles. The second kappa shape index (κ2) is 6.62. The molecule has 1 unspecified atom stereocenters. The second-order valence-corrected chi connectivity index (χ2v) is 4.64. The summed E-state index contributed by atoms with van der Waals surface area (Å²) in [7, 11) is 0. The second-order valence-electron chi connectivity index (χ2n) is 4.64. The highest BCUT2D eigenvalue weighted by Gasteiger charge is 2.39. The van der Waals surface area contributed by atoms with Gasteiger partial charge in [0, 0.05) is 0 Å². The Morgan fingerprint density at radius 2 is 1.53 bits per heavy atom. The Hall–Kier alpha value is -1.06. The molecule has 0 aromatic heterocycles. The van der Waals surface area contributed by atoms with Gasteiger partial charge in [0.1, 0.15) is 0 Å². The smallest absolute Gasteiger partial charge is 0.309 e. The Bertz CT molecular complexity index is 275. The molecule has 0 heterocycles. The summed E-state index contributed by atoms with van der Waals surface area (Å²) in [6.07, 6.45) is 2.42. The Balaban J connectivity index is 2.70. The van der Waals surface area contributed by atoms with Crippen molar-refractivity contribution in [1.29, 1.82) is 0 Å². The molecule has 0 aromatic rings. The van der Waals surface area contributed by atoms with E-state index < -0.39 is 0 Å². The lowest BCUT2D eigenvalue weighted by Crippen LogP contribution is -2.37. The lowest BCUT2D eigenvalue weighted by atomic mass is 9.74. The van der Waals surface area contributed by atoms with Gasteiger partial charge in [-0.2, -0.15) is 0 Å². The van der Waals surface area contributed by atoms with Crippen LogP contribution in [0.25, 0.3) is 0 Å². The highest BCUT2D eigenvalue weighted by atomic mass is 16.5. The minimum absolute atomic E-state index is 0.252. The number of hydrogen-bond donors (Lipinski definition) is 0. The topological polar surface area (TPSA) is 52.6 Å². The van der Waals surface area contributed by atoms with Crippen molar-refractivity contribution in [3.05, 3.63) is 0 Å². The van der Waals surface area contributed by atoms with Gasteiger partial charge in [0.15, 0.2) is 0 Å². The van der Waals surface area contributed by atoms with Crippen molar-refractivity contribution in [3.63, 3.8) is 0 Å². The molecule has 0 bridgehead atoms. The van der Waals surface area contributed by atoms with E-state index in [0.717, 1.165) is 19.3 Å². The summed E-state index contributed by atoms with van der Waals surface area (Å²) in [6, 6.07) is 0. The molecule has 0 amide bonds. The van der Waals surface area contributed by atoms with Crippen LogP contribution in [0.5, 0.6) is 0 Å². The zero-order chi connectivity index (χ0) is 12.8. The first-order chi connectivity index (χ1) is 8.10. The first kappa shape index (κ1) is 14.0. The summed E-state index contributed by atoms with van der Waals surface area (Å²) in [4.78, 5) is 23.6. The van der Waals surface area contributed by atoms with Crippen LogP contribution in [0.1, 0.15) is 40.0 Å². The van der Waals surface area contributed by atoms with E-state index >= 15 is 0 Å². The first-order valence-corrected chi connectivity index (χ1v) is 6.43. The highest BCUT2D eigenvalue weighted by molar-refractivity contribution is 5.82. The van der Waals surface area contributed by atoms with Gasteiger partial charge in [-0.05, 0) is 39.0 Å². The van der Waals surface area contributed by atoms with E-state index in [1.54, 1.807) is 13.8 Å². The summed E-state index contributed by atoms with van der Waals surface area (Å²) in [6.45, 7) is 6.39. The van der Waals surface area contributed by atoms with E-state index in [0.29, 0.717) is 19.1 Å². The van der Waals surface area contributed by atoms with E-state index in [2.05, 4.69) is 6.92 Å². The maximum absolute atomic E-state index is 11.8. The fourth-order valence-electron chi connectivity index (χ4n) is 2.42. The summed E-state index contributed by atoms with van der Waals surface area (Å²) in [5, 5.41) is 0. The minimum atomic E-state index is -0.322. The van der Waals surface area contributed by atoms with Crippen LogP contribution in [0, 0.1) is 17.8 Å². The Kier molecular flexibility index (Phi) is 5.45. The zero-order valence-corrected chi connectivity index (χ0v) is 10.9. The molecule has 98 valence electrons. The minimum Gasteiger partial charge on any atom is -0.466 e. The summed E-state index contributed by atoms with van der Waals surface area (Å²) < 4.78 is 10.1. The van der Waals surface area contributed by atoms with Gasteiger partial charge in [0.25, 0.3) is 0 Å². The fourth-order valence-corrected chi connectivity index (χ4v) is 2.42. The molecular formula is C13H22O4. The van der Waals surface area contributed by atoms with Gasteiger partial charge in [0.05, 0.1) is 25.0 Å². The zero-order valence-electron chi connectivity index (χ0n) is 10.9. The number of ether oxygens (including phenoxy) is 2. The monoisotopic (exact) mass is 242 g/mol. The van der Waals surface area contributed by atoms with Crippen molar-refractivity contribution in [3.8, 4) is 0 Å². The summed E-state index contributed by atoms with van der Waals surface area (Å²) >= 11 is 0. The molecule has 1 aliphatic rings.